The van der Waals surface area contributed by atoms with E-state index in [0.29, 0.717) is 17.4 Å². The molecule has 2 unspecified atom stereocenters. The van der Waals surface area contributed by atoms with Gasteiger partial charge in [-0.05, 0) is 109 Å². The van der Waals surface area contributed by atoms with E-state index in [1.165, 1.54) is 96.3 Å². The van der Waals surface area contributed by atoms with E-state index >= 15 is 0 Å². The molecule has 0 saturated carbocycles. The highest BCUT2D eigenvalue weighted by atomic mass is 31.2. The molecule has 0 radical (unpaired) electrons. The summed E-state index contributed by atoms with van der Waals surface area (Å²) in [5.74, 6) is -0.889. The number of carbonyl (C=O) groups excluding carboxylic acids is 2. The van der Waals surface area contributed by atoms with Crippen LogP contribution in [0.1, 0.15) is 232 Å². The number of allylic oxidation sites excluding steroid dienone is 22. The summed E-state index contributed by atoms with van der Waals surface area (Å²) in [5.41, 5.74) is 0. The molecule has 0 aromatic carbocycles. The third-order valence-corrected chi connectivity index (χ3v) is 13.6. The van der Waals surface area contributed by atoms with E-state index in [-0.39, 0.29) is 26.1 Å². The average Bonchev–Trinajstić information content (AvgIpc) is 3.41. The van der Waals surface area contributed by atoms with Crippen LogP contribution in [0.2, 0.25) is 0 Å². The molecule has 0 heterocycles. The summed E-state index contributed by atoms with van der Waals surface area (Å²) in [5, 5.41) is 0. The predicted molar refractivity (Wildman–Crippen MR) is 332 cm³/mol. The number of phosphoric ester groups is 1. The number of carbonyl (C=O) groups is 2. The second kappa shape index (κ2) is 57.8. The van der Waals surface area contributed by atoms with Crippen LogP contribution in [0.15, 0.2) is 134 Å². The van der Waals surface area contributed by atoms with Crippen LogP contribution in [-0.4, -0.2) is 70.0 Å². The zero-order valence-electron chi connectivity index (χ0n) is 50.3. The molecule has 0 rings (SSSR count). The zero-order valence-corrected chi connectivity index (χ0v) is 51.2. The number of unbranched alkanes of at least 4 members (excludes halogenated alkanes) is 19. The second-order valence-electron chi connectivity index (χ2n) is 21.3. The van der Waals surface area contributed by atoms with Crippen molar-refractivity contribution in [2.75, 3.05) is 47.5 Å². The SMILES string of the molecule is CC/C=C\C/C=C\C/C=C\C/C=C\C/C=C\C/C=C\CCCCC(=O)OC(COC(=O)CCCCCCCCCCCCCCCCCCC/C=C\C/C=C\C/C=C\C/C=C\C/C=C\CC)COP(=O)([O-])OCC[N+](C)(C)C. The Balaban J connectivity index is 4.14. The molecule has 2 atom stereocenters. The van der Waals surface area contributed by atoms with Crippen LogP contribution in [-0.2, 0) is 32.7 Å². The number of phosphoric acid groups is 1. The minimum atomic E-state index is -4.66. The molecular formula is C68H114NO8P. The summed E-state index contributed by atoms with van der Waals surface area (Å²) >= 11 is 0. The standard InChI is InChI=1S/C68H114NO8P/c1-6-8-10-12-14-16-18-20-22-24-26-28-29-30-31-32-33-34-35-36-37-38-39-41-42-44-46-48-50-52-54-56-58-60-67(70)74-64-66(65-76-78(72,73)75-63-62-69(3,4)5)77-68(71)61-59-57-55-53-51-49-47-45-43-40-27-25-23-21-19-17-15-13-11-9-7-2/h8-11,14-17,20-23,26-28,30-31,40,45,47,51,53,66H,6-7,12-13,18-19,24-25,29,32-39,41-44,46,48-50,52,54-65H2,1-5H3/b10-8-,11-9-,16-14-,17-15-,22-20-,23-21-,28-26-,31-30-,40-27-,47-45-,53-51-. The maximum absolute atomic E-state index is 12.8. The molecule has 0 aromatic heterocycles. The predicted octanol–water partition coefficient (Wildman–Crippen LogP) is 19.1. The van der Waals surface area contributed by atoms with Gasteiger partial charge in [0.15, 0.2) is 6.10 Å². The molecule has 0 aliphatic rings. The van der Waals surface area contributed by atoms with Gasteiger partial charge < -0.3 is 27.9 Å². The molecule has 0 aliphatic heterocycles. The number of hydrogen-bond donors (Lipinski definition) is 0. The Morgan fingerprint density at radius 2 is 0.692 bits per heavy atom. The first-order chi connectivity index (χ1) is 38.0. The van der Waals surface area contributed by atoms with Crippen LogP contribution in [0.5, 0.6) is 0 Å². The molecule has 0 bridgehead atoms. The van der Waals surface area contributed by atoms with E-state index in [1.807, 2.05) is 21.1 Å². The van der Waals surface area contributed by atoms with Gasteiger partial charge in [-0.25, -0.2) is 0 Å². The topological polar surface area (TPSA) is 111 Å². The molecule has 444 valence electrons. The highest BCUT2D eigenvalue weighted by molar-refractivity contribution is 7.45. The molecular weight excluding hydrogens is 990 g/mol. The molecule has 0 N–H and O–H groups in total. The maximum Gasteiger partial charge on any atom is 0.306 e. The molecule has 9 nitrogen and oxygen atoms in total. The molecule has 0 saturated heterocycles. The smallest absolute Gasteiger partial charge is 0.306 e. The van der Waals surface area contributed by atoms with Crippen molar-refractivity contribution in [3.8, 4) is 0 Å². The van der Waals surface area contributed by atoms with E-state index in [0.717, 1.165) is 103 Å². The van der Waals surface area contributed by atoms with E-state index in [2.05, 4.69) is 148 Å². The normalized spacial score (nSPS) is 14.2. The number of quaternary nitrogens is 1. The monoisotopic (exact) mass is 1100 g/mol. The fraction of sp³-hybridized carbons (Fsp3) is 0.647. The lowest BCUT2D eigenvalue weighted by Gasteiger charge is -2.28. The van der Waals surface area contributed by atoms with E-state index in [9.17, 15) is 19.0 Å². The minimum absolute atomic E-state index is 0.0456. The van der Waals surface area contributed by atoms with Crippen molar-refractivity contribution in [3.05, 3.63) is 134 Å². The lowest BCUT2D eigenvalue weighted by Crippen LogP contribution is -2.37. The quantitative estimate of drug-likeness (QED) is 0.0195. The van der Waals surface area contributed by atoms with Gasteiger partial charge in [-0.3, -0.25) is 14.2 Å². The van der Waals surface area contributed by atoms with Crippen molar-refractivity contribution in [1.82, 2.24) is 0 Å². The number of esters is 2. The first-order valence-corrected chi connectivity index (χ1v) is 32.4. The fourth-order valence-electron chi connectivity index (χ4n) is 7.98. The molecule has 0 aromatic rings. The molecule has 78 heavy (non-hydrogen) atoms. The number of ether oxygens (including phenoxy) is 2. The van der Waals surface area contributed by atoms with Gasteiger partial charge >= 0.3 is 11.9 Å². The van der Waals surface area contributed by atoms with Crippen molar-refractivity contribution < 1.29 is 42.1 Å². The Morgan fingerprint density at radius 3 is 1.05 bits per heavy atom. The van der Waals surface area contributed by atoms with Gasteiger partial charge in [0.25, 0.3) is 7.82 Å². The maximum atomic E-state index is 12.8. The van der Waals surface area contributed by atoms with Crippen molar-refractivity contribution in [2.45, 2.75) is 238 Å². The van der Waals surface area contributed by atoms with Gasteiger partial charge in [0.2, 0.25) is 0 Å². The molecule has 0 spiro atoms. The summed E-state index contributed by atoms with van der Waals surface area (Å²) < 4.78 is 34.1. The van der Waals surface area contributed by atoms with Crippen molar-refractivity contribution in [3.63, 3.8) is 0 Å². The lowest BCUT2D eigenvalue weighted by molar-refractivity contribution is -0.870. The Morgan fingerprint density at radius 1 is 0.397 bits per heavy atom. The van der Waals surface area contributed by atoms with Crippen LogP contribution in [0.3, 0.4) is 0 Å². The summed E-state index contributed by atoms with van der Waals surface area (Å²) in [6.07, 6.45) is 83.7. The Hall–Kier alpha value is -3.85. The van der Waals surface area contributed by atoms with Gasteiger partial charge in [0.1, 0.15) is 19.8 Å². The first kappa shape index (κ1) is 74.2. The summed E-state index contributed by atoms with van der Waals surface area (Å²) in [6, 6.07) is 0. The molecule has 0 fully saturated rings. The van der Waals surface area contributed by atoms with Crippen LogP contribution in [0.25, 0.3) is 0 Å². The van der Waals surface area contributed by atoms with Crippen molar-refractivity contribution >= 4 is 19.8 Å². The van der Waals surface area contributed by atoms with Gasteiger partial charge in [-0.15, -0.1) is 0 Å². The van der Waals surface area contributed by atoms with Crippen molar-refractivity contribution in [1.29, 1.82) is 0 Å². The largest absolute Gasteiger partial charge is 0.756 e. The third-order valence-electron chi connectivity index (χ3n) is 12.7. The Kier molecular flexibility index (Phi) is 55.0. The fourth-order valence-corrected chi connectivity index (χ4v) is 8.71. The van der Waals surface area contributed by atoms with E-state index < -0.39 is 32.5 Å². The van der Waals surface area contributed by atoms with E-state index in [4.69, 9.17) is 18.5 Å². The number of likely N-dealkylation sites (N-methyl/N-ethyl adjacent to an activating group) is 1. The lowest BCUT2D eigenvalue weighted by atomic mass is 10.0. The number of nitrogens with zero attached hydrogens (tertiary/aromatic N) is 1. The molecule has 0 amide bonds. The van der Waals surface area contributed by atoms with Crippen LogP contribution in [0, 0.1) is 0 Å². The van der Waals surface area contributed by atoms with Gasteiger partial charge in [-0.1, -0.05) is 244 Å². The van der Waals surface area contributed by atoms with Gasteiger partial charge in [-0.2, -0.15) is 0 Å². The highest BCUT2D eigenvalue weighted by Crippen LogP contribution is 2.38. The summed E-state index contributed by atoms with van der Waals surface area (Å²) in [6.45, 7) is 3.95. The highest BCUT2D eigenvalue weighted by Gasteiger charge is 2.21. The first-order valence-electron chi connectivity index (χ1n) is 30.9. The van der Waals surface area contributed by atoms with E-state index in [1.54, 1.807) is 0 Å². The van der Waals surface area contributed by atoms with Gasteiger partial charge in [0, 0.05) is 12.8 Å². The third kappa shape index (κ3) is 61.4. The molecule has 0 aliphatic carbocycles. The second-order valence-corrected chi connectivity index (χ2v) is 22.7. The van der Waals surface area contributed by atoms with Crippen LogP contribution < -0.4 is 4.89 Å². The van der Waals surface area contributed by atoms with Gasteiger partial charge in [0.05, 0.1) is 27.7 Å². The molecule has 10 heteroatoms. The number of hydrogen-bond acceptors (Lipinski definition) is 8. The summed E-state index contributed by atoms with van der Waals surface area (Å²) in [7, 11) is 1.12. The summed E-state index contributed by atoms with van der Waals surface area (Å²) in [4.78, 5) is 37.9. The average molecular weight is 1100 g/mol. The van der Waals surface area contributed by atoms with Crippen molar-refractivity contribution in [2.24, 2.45) is 0 Å². The zero-order chi connectivity index (χ0) is 57.0. The Labute approximate surface area is 479 Å². The van der Waals surface area contributed by atoms with Crippen LogP contribution >= 0.6 is 7.82 Å². The minimum Gasteiger partial charge on any atom is -0.756 e. The number of rotatable bonds is 55. The van der Waals surface area contributed by atoms with Crippen LogP contribution in [0.4, 0.5) is 0 Å². The Bertz CT molecular complexity index is 1780.